The van der Waals surface area contributed by atoms with Gasteiger partial charge in [0.15, 0.2) is 0 Å². The van der Waals surface area contributed by atoms with Gasteiger partial charge >= 0.3 is 5.97 Å². The molecule has 0 aliphatic heterocycles. The van der Waals surface area contributed by atoms with Gasteiger partial charge in [0.25, 0.3) is 0 Å². The molecule has 1 amide bonds. The van der Waals surface area contributed by atoms with E-state index in [1.807, 2.05) is 0 Å². The third-order valence-corrected chi connectivity index (χ3v) is 3.78. The molecule has 0 saturated carbocycles. The summed E-state index contributed by atoms with van der Waals surface area (Å²) in [5, 5.41) is 7.44. The maximum Gasteiger partial charge on any atom is 0.343 e. The minimum Gasteiger partial charge on any atom is -0.462 e. The molecule has 1 N–H and O–H groups in total. The zero-order chi connectivity index (χ0) is 17.0. The molecule has 2 rings (SSSR count). The van der Waals surface area contributed by atoms with E-state index in [-0.39, 0.29) is 30.3 Å². The fourth-order valence-corrected chi connectivity index (χ4v) is 2.28. The average Bonchev–Trinajstić information content (AvgIpc) is 2.84. The van der Waals surface area contributed by atoms with Crippen LogP contribution in [0.25, 0.3) is 0 Å². The maximum atomic E-state index is 12.2. The number of nitrogens with one attached hydrogen (secondary N) is 1. The van der Waals surface area contributed by atoms with Gasteiger partial charge in [-0.25, -0.2) is 4.79 Å². The molecule has 0 spiro atoms. The minimum atomic E-state index is -0.537. The lowest BCUT2D eigenvalue weighted by atomic mass is 10.1. The summed E-state index contributed by atoms with van der Waals surface area (Å²) in [5.41, 5.74) is 0.911. The van der Waals surface area contributed by atoms with E-state index in [2.05, 4.69) is 10.4 Å². The van der Waals surface area contributed by atoms with E-state index in [0.717, 1.165) is 0 Å². The van der Waals surface area contributed by atoms with E-state index < -0.39 is 5.97 Å². The van der Waals surface area contributed by atoms with Crippen LogP contribution in [0.5, 0.6) is 0 Å². The molecular weight excluding hydrogens is 341 g/mol. The van der Waals surface area contributed by atoms with Crippen molar-refractivity contribution in [2.75, 3.05) is 11.9 Å². The van der Waals surface area contributed by atoms with Crippen molar-refractivity contribution in [2.24, 2.45) is 7.05 Å². The zero-order valence-electron chi connectivity index (χ0n) is 12.6. The van der Waals surface area contributed by atoms with Crippen LogP contribution in [0.2, 0.25) is 10.0 Å². The summed E-state index contributed by atoms with van der Waals surface area (Å²) in [7, 11) is 1.62. The first-order valence-corrected chi connectivity index (χ1v) is 7.60. The van der Waals surface area contributed by atoms with Gasteiger partial charge in [-0.1, -0.05) is 29.3 Å². The number of nitrogens with zero attached hydrogens (tertiary/aromatic N) is 2. The molecule has 0 bridgehead atoms. The monoisotopic (exact) mass is 355 g/mol. The number of anilines is 1. The predicted molar refractivity (Wildman–Crippen MR) is 88.0 cm³/mol. The number of benzene rings is 1. The van der Waals surface area contributed by atoms with Crippen molar-refractivity contribution in [3.05, 3.63) is 45.6 Å². The molecular formula is C15H15Cl2N3O3. The largest absolute Gasteiger partial charge is 0.462 e. The second kappa shape index (κ2) is 7.48. The van der Waals surface area contributed by atoms with Crippen molar-refractivity contribution in [1.29, 1.82) is 0 Å². The van der Waals surface area contributed by atoms with Crippen molar-refractivity contribution in [3.63, 3.8) is 0 Å². The molecule has 0 aliphatic rings. The maximum absolute atomic E-state index is 12.2. The summed E-state index contributed by atoms with van der Waals surface area (Å²) in [6.45, 7) is 1.95. The molecule has 0 unspecified atom stereocenters. The molecule has 1 aromatic heterocycles. The number of esters is 1. The van der Waals surface area contributed by atoms with Gasteiger partial charge in [0.05, 0.1) is 29.3 Å². The molecule has 0 atom stereocenters. The first-order valence-electron chi connectivity index (χ1n) is 6.85. The normalized spacial score (nSPS) is 10.4. The average molecular weight is 356 g/mol. The van der Waals surface area contributed by atoms with Crippen LogP contribution in [0.3, 0.4) is 0 Å². The number of hydrogen-bond donors (Lipinski definition) is 1. The molecule has 0 aliphatic carbocycles. The van der Waals surface area contributed by atoms with Gasteiger partial charge in [-0.3, -0.25) is 9.48 Å². The van der Waals surface area contributed by atoms with Crippen LogP contribution in [0, 0.1) is 0 Å². The lowest BCUT2D eigenvalue weighted by molar-refractivity contribution is -0.115. The van der Waals surface area contributed by atoms with Crippen LogP contribution < -0.4 is 5.32 Å². The number of hydrogen-bond acceptors (Lipinski definition) is 4. The molecule has 8 heteroatoms. The van der Waals surface area contributed by atoms with Crippen molar-refractivity contribution >= 4 is 40.9 Å². The zero-order valence-corrected chi connectivity index (χ0v) is 14.1. The summed E-state index contributed by atoms with van der Waals surface area (Å²) in [4.78, 5) is 24.0. The van der Waals surface area contributed by atoms with Gasteiger partial charge in [0, 0.05) is 7.05 Å². The van der Waals surface area contributed by atoms with Crippen LogP contribution >= 0.6 is 23.2 Å². The van der Waals surface area contributed by atoms with Crippen molar-refractivity contribution in [1.82, 2.24) is 9.78 Å². The van der Waals surface area contributed by atoms with Gasteiger partial charge in [-0.05, 0) is 24.6 Å². The number of ether oxygens (including phenoxy) is 1. The fraction of sp³-hybridized carbons (Fsp3) is 0.267. The quantitative estimate of drug-likeness (QED) is 0.836. The molecule has 23 heavy (non-hydrogen) atoms. The topological polar surface area (TPSA) is 73.2 Å². The SMILES string of the molecule is CCOC(=O)c1cnn(C)c1NC(=O)Cc1ccc(Cl)c(Cl)c1. The second-order valence-corrected chi connectivity index (χ2v) is 5.54. The van der Waals surface area contributed by atoms with Crippen molar-refractivity contribution < 1.29 is 14.3 Å². The molecule has 0 fully saturated rings. The Balaban J connectivity index is 2.12. The Morgan fingerprint density at radius 2 is 2.04 bits per heavy atom. The van der Waals surface area contributed by atoms with Gasteiger partial charge in [-0.2, -0.15) is 5.10 Å². The first kappa shape index (κ1) is 17.3. The lowest BCUT2D eigenvalue weighted by Gasteiger charge is -2.08. The Hall–Kier alpha value is -2.05. The smallest absolute Gasteiger partial charge is 0.343 e. The molecule has 0 saturated heterocycles. The molecule has 1 aromatic carbocycles. The van der Waals surface area contributed by atoms with Crippen molar-refractivity contribution in [2.45, 2.75) is 13.3 Å². The lowest BCUT2D eigenvalue weighted by Crippen LogP contribution is -2.19. The van der Waals surface area contributed by atoms with E-state index >= 15 is 0 Å². The van der Waals surface area contributed by atoms with E-state index in [4.69, 9.17) is 27.9 Å². The summed E-state index contributed by atoms with van der Waals surface area (Å²) in [5.74, 6) is -0.559. The Morgan fingerprint density at radius 3 is 2.70 bits per heavy atom. The predicted octanol–water partition coefficient (Wildman–Crippen LogP) is 3.08. The van der Waals surface area contributed by atoms with Gasteiger partial charge in [0.1, 0.15) is 11.4 Å². The minimum absolute atomic E-state index is 0.0876. The van der Waals surface area contributed by atoms with E-state index in [0.29, 0.717) is 15.6 Å². The highest BCUT2D eigenvalue weighted by Crippen LogP contribution is 2.23. The van der Waals surface area contributed by atoms with Gasteiger partial charge < -0.3 is 10.1 Å². The summed E-state index contributed by atoms with van der Waals surface area (Å²) >= 11 is 11.8. The highest BCUT2D eigenvalue weighted by atomic mass is 35.5. The number of amides is 1. The number of rotatable bonds is 5. The van der Waals surface area contributed by atoms with E-state index in [1.165, 1.54) is 10.9 Å². The number of aryl methyl sites for hydroxylation is 1. The Kier molecular flexibility index (Phi) is 5.63. The molecule has 2 aromatic rings. The summed E-state index contributed by atoms with van der Waals surface area (Å²) < 4.78 is 6.34. The number of carbonyl (C=O) groups is 2. The Labute approximate surface area is 143 Å². The third-order valence-electron chi connectivity index (χ3n) is 3.04. The van der Waals surface area contributed by atoms with E-state index in [1.54, 1.807) is 32.2 Å². The number of halogens is 2. The first-order chi connectivity index (χ1) is 10.9. The van der Waals surface area contributed by atoms with Crippen LogP contribution in [0.15, 0.2) is 24.4 Å². The third kappa shape index (κ3) is 4.24. The Bertz CT molecular complexity index is 744. The summed E-state index contributed by atoms with van der Waals surface area (Å²) in [6, 6.07) is 4.96. The standard InChI is InChI=1S/C15H15Cl2N3O3/c1-3-23-15(22)10-8-18-20(2)14(10)19-13(21)7-9-4-5-11(16)12(17)6-9/h4-6,8H,3,7H2,1-2H3,(H,19,21). The van der Waals surface area contributed by atoms with Crippen LogP contribution in [0.1, 0.15) is 22.8 Å². The second-order valence-electron chi connectivity index (χ2n) is 4.72. The number of aromatic nitrogens is 2. The van der Waals surface area contributed by atoms with Crippen molar-refractivity contribution in [3.8, 4) is 0 Å². The fourth-order valence-electron chi connectivity index (χ4n) is 1.96. The molecule has 6 nitrogen and oxygen atoms in total. The van der Waals surface area contributed by atoms with Gasteiger partial charge in [0.2, 0.25) is 5.91 Å². The van der Waals surface area contributed by atoms with Crippen LogP contribution in [-0.2, 0) is 23.0 Å². The van der Waals surface area contributed by atoms with Gasteiger partial charge in [-0.15, -0.1) is 0 Å². The van der Waals surface area contributed by atoms with E-state index in [9.17, 15) is 9.59 Å². The molecule has 0 radical (unpaired) electrons. The molecule has 1 heterocycles. The Morgan fingerprint density at radius 1 is 1.30 bits per heavy atom. The van der Waals surface area contributed by atoms with Crippen LogP contribution in [0.4, 0.5) is 5.82 Å². The molecule has 122 valence electrons. The summed E-state index contributed by atoms with van der Waals surface area (Å²) in [6.07, 6.45) is 1.44. The van der Waals surface area contributed by atoms with Crippen LogP contribution in [-0.4, -0.2) is 28.3 Å². The highest BCUT2D eigenvalue weighted by molar-refractivity contribution is 6.42. The highest BCUT2D eigenvalue weighted by Gasteiger charge is 2.19. The number of carbonyl (C=O) groups excluding carboxylic acids is 2.